The number of hydrogen-bond acceptors (Lipinski definition) is 5. The fourth-order valence-electron chi connectivity index (χ4n) is 2.64. The number of rotatable bonds is 3. The minimum Gasteiger partial charge on any atom is -0.459 e. The molecule has 2 aromatic rings. The van der Waals surface area contributed by atoms with Gasteiger partial charge < -0.3 is 14.5 Å². The maximum absolute atomic E-state index is 12.0. The highest BCUT2D eigenvalue weighted by molar-refractivity contribution is 5.88. The lowest BCUT2D eigenvalue weighted by Crippen LogP contribution is -2.34. The zero-order valence-electron chi connectivity index (χ0n) is 13.0. The van der Waals surface area contributed by atoms with E-state index in [4.69, 9.17) is 9.15 Å². The molecule has 1 unspecified atom stereocenters. The SMILES string of the molecule is Cc1cc2oc(=O)cc(COC(=O)C3CCC(=O)N3)c2cc1C. The lowest BCUT2D eigenvalue weighted by Gasteiger charge is -2.12. The van der Waals surface area contributed by atoms with Crippen LogP contribution in [0, 0.1) is 13.8 Å². The molecule has 1 amide bonds. The fourth-order valence-corrected chi connectivity index (χ4v) is 2.64. The van der Waals surface area contributed by atoms with Crippen molar-refractivity contribution >= 4 is 22.8 Å². The molecule has 0 aliphatic carbocycles. The largest absolute Gasteiger partial charge is 0.459 e. The highest BCUT2D eigenvalue weighted by atomic mass is 16.5. The summed E-state index contributed by atoms with van der Waals surface area (Å²) in [5, 5.41) is 3.31. The molecule has 3 rings (SSSR count). The molecule has 1 saturated heterocycles. The molecule has 1 aromatic heterocycles. The number of nitrogens with one attached hydrogen (secondary N) is 1. The summed E-state index contributed by atoms with van der Waals surface area (Å²) in [5.74, 6) is -0.634. The van der Waals surface area contributed by atoms with Crippen LogP contribution in [0.2, 0.25) is 0 Å². The van der Waals surface area contributed by atoms with Gasteiger partial charge in [-0.05, 0) is 43.5 Å². The lowest BCUT2D eigenvalue weighted by molar-refractivity contribution is -0.147. The molecule has 0 bridgehead atoms. The van der Waals surface area contributed by atoms with Crippen LogP contribution in [0.25, 0.3) is 11.0 Å². The summed E-state index contributed by atoms with van der Waals surface area (Å²) in [6.45, 7) is 3.86. The predicted molar refractivity (Wildman–Crippen MR) is 82.9 cm³/mol. The Labute approximate surface area is 132 Å². The molecule has 0 spiro atoms. The molecule has 6 nitrogen and oxygen atoms in total. The normalized spacial score (nSPS) is 17.3. The van der Waals surface area contributed by atoms with Gasteiger partial charge in [0.15, 0.2) is 0 Å². The summed E-state index contributed by atoms with van der Waals surface area (Å²) < 4.78 is 10.5. The van der Waals surface area contributed by atoms with Gasteiger partial charge in [-0.15, -0.1) is 0 Å². The second kappa shape index (κ2) is 5.87. The number of carbonyl (C=O) groups is 2. The Morgan fingerprint density at radius 1 is 1.26 bits per heavy atom. The van der Waals surface area contributed by atoms with Crippen LogP contribution >= 0.6 is 0 Å². The van der Waals surface area contributed by atoms with E-state index in [1.165, 1.54) is 6.07 Å². The topological polar surface area (TPSA) is 85.6 Å². The first kappa shape index (κ1) is 15.3. The molecule has 0 saturated carbocycles. The first-order chi connectivity index (χ1) is 10.9. The average molecular weight is 315 g/mol. The third-order valence-corrected chi connectivity index (χ3v) is 4.09. The standard InChI is InChI=1S/C17H17NO5/c1-9-5-12-11(7-16(20)23-14(12)6-10(9)2)8-22-17(21)13-3-4-15(19)18-13/h5-7,13H,3-4,8H2,1-2H3,(H,18,19). The molecule has 1 fully saturated rings. The summed E-state index contributed by atoms with van der Waals surface area (Å²) in [6, 6.07) is 4.44. The lowest BCUT2D eigenvalue weighted by atomic mass is 10.0. The van der Waals surface area contributed by atoms with Gasteiger partial charge >= 0.3 is 11.6 Å². The van der Waals surface area contributed by atoms with Crippen LogP contribution in [0.3, 0.4) is 0 Å². The number of amides is 1. The van der Waals surface area contributed by atoms with Gasteiger partial charge in [-0.2, -0.15) is 0 Å². The number of benzene rings is 1. The van der Waals surface area contributed by atoms with Gasteiger partial charge in [-0.3, -0.25) is 4.79 Å². The van der Waals surface area contributed by atoms with E-state index in [1.807, 2.05) is 19.9 Å². The van der Waals surface area contributed by atoms with Crippen LogP contribution in [0.5, 0.6) is 0 Å². The van der Waals surface area contributed by atoms with Crippen LogP contribution in [0.1, 0.15) is 29.5 Å². The number of fused-ring (bicyclic) bond motifs is 1. The van der Waals surface area contributed by atoms with E-state index >= 15 is 0 Å². The third-order valence-electron chi connectivity index (χ3n) is 4.09. The van der Waals surface area contributed by atoms with E-state index in [0.29, 0.717) is 24.0 Å². The van der Waals surface area contributed by atoms with Gasteiger partial charge in [0.25, 0.3) is 0 Å². The summed E-state index contributed by atoms with van der Waals surface area (Å²) in [7, 11) is 0. The maximum Gasteiger partial charge on any atom is 0.336 e. The minimum absolute atomic E-state index is 0.0319. The number of aryl methyl sites for hydroxylation is 2. The van der Waals surface area contributed by atoms with Gasteiger partial charge in [0.05, 0.1) is 0 Å². The molecule has 1 N–H and O–H groups in total. The van der Waals surface area contributed by atoms with Gasteiger partial charge in [-0.25, -0.2) is 9.59 Å². The van der Waals surface area contributed by atoms with Crippen molar-refractivity contribution in [1.29, 1.82) is 0 Å². The molecular weight excluding hydrogens is 298 g/mol. The van der Waals surface area contributed by atoms with E-state index in [-0.39, 0.29) is 12.5 Å². The summed E-state index contributed by atoms with van der Waals surface area (Å²) >= 11 is 0. The van der Waals surface area contributed by atoms with Crippen molar-refractivity contribution in [2.75, 3.05) is 0 Å². The van der Waals surface area contributed by atoms with Gasteiger partial charge in [0.1, 0.15) is 18.2 Å². The average Bonchev–Trinajstić information content (AvgIpc) is 2.93. The van der Waals surface area contributed by atoms with Crippen LogP contribution < -0.4 is 10.9 Å². The quantitative estimate of drug-likeness (QED) is 0.688. The van der Waals surface area contributed by atoms with Gasteiger partial charge in [-0.1, -0.05) is 0 Å². The van der Waals surface area contributed by atoms with Crippen LogP contribution in [-0.2, 0) is 20.9 Å². The molecule has 0 radical (unpaired) electrons. The molecule has 2 heterocycles. The van der Waals surface area contributed by atoms with Crippen molar-refractivity contribution < 1.29 is 18.7 Å². The summed E-state index contributed by atoms with van der Waals surface area (Å²) in [6.07, 6.45) is 0.768. The molecule has 23 heavy (non-hydrogen) atoms. The smallest absolute Gasteiger partial charge is 0.336 e. The molecule has 1 atom stereocenters. The zero-order chi connectivity index (χ0) is 16.6. The number of esters is 1. The number of ether oxygens (including phenoxy) is 1. The Hall–Kier alpha value is -2.63. The Kier molecular flexibility index (Phi) is 3.90. The molecule has 1 aromatic carbocycles. The van der Waals surface area contributed by atoms with Crippen LogP contribution in [0.4, 0.5) is 0 Å². The van der Waals surface area contributed by atoms with Gasteiger partial charge in [0, 0.05) is 23.4 Å². The van der Waals surface area contributed by atoms with Crippen LogP contribution in [-0.4, -0.2) is 17.9 Å². The molecular formula is C17H17NO5. The number of carbonyl (C=O) groups excluding carboxylic acids is 2. The van der Waals surface area contributed by atoms with E-state index in [9.17, 15) is 14.4 Å². The third kappa shape index (κ3) is 3.11. The minimum atomic E-state index is -0.599. The fraction of sp³-hybridized carbons (Fsp3) is 0.353. The zero-order valence-corrected chi connectivity index (χ0v) is 13.0. The first-order valence-corrected chi connectivity index (χ1v) is 7.44. The van der Waals surface area contributed by atoms with Crippen molar-refractivity contribution in [2.24, 2.45) is 0 Å². The Bertz CT molecular complexity index is 852. The molecule has 120 valence electrons. The highest BCUT2D eigenvalue weighted by Gasteiger charge is 2.28. The van der Waals surface area contributed by atoms with Crippen LogP contribution in [0.15, 0.2) is 27.4 Å². The van der Waals surface area contributed by atoms with E-state index in [2.05, 4.69) is 5.32 Å². The molecule has 6 heteroatoms. The van der Waals surface area contributed by atoms with E-state index in [1.54, 1.807) is 6.07 Å². The number of hydrogen-bond donors (Lipinski definition) is 1. The van der Waals surface area contributed by atoms with Crippen molar-refractivity contribution in [1.82, 2.24) is 5.32 Å². The highest BCUT2D eigenvalue weighted by Crippen LogP contribution is 2.22. The maximum atomic E-state index is 12.0. The molecule has 1 aliphatic rings. The van der Waals surface area contributed by atoms with Crippen molar-refractivity contribution in [2.45, 2.75) is 39.3 Å². The Morgan fingerprint density at radius 3 is 2.70 bits per heavy atom. The van der Waals surface area contributed by atoms with Crippen molar-refractivity contribution in [3.05, 3.63) is 45.3 Å². The molecule has 1 aliphatic heterocycles. The second-order valence-electron chi connectivity index (χ2n) is 5.79. The Balaban J connectivity index is 1.85. The first-order valence-electron chi connectivity index (χ1n) is 7.44. The van der Waals surface area contributed by atoms with E-state index < -0.39 is 17.6 Å². The Morgan fingerprint density at radius 2 is 2.00 bits per heavy atom. The monoisotopic (exact) mass is 315 g/mol. The van der Waals surface area contributed by atoms with Crippen molar-refractivity contribution in [3.63, 3.8) is 0 Å². The summed E-state index contributed by atoms with van der Waals surface area (Å²) in [4.78, 5) is 34.8. The van der Waals surface area contributed by atoms with Gasteiger partial charge in [0.2, 0.25) is 5.91 Å². The second-order valence-corrected chi connectivity index (χ2v) is 5.79. The van der Waals surface area contributed by atoms with E-state index in [0.717, 1.165) is 16.5 Å². The predicted octanol–water partition coefficient (Wildman–Crippen LogP) is 1.73. The summed E-state index contributed by atoms with van der Waals surface area (Å²) in [5.41, 5.74) is 2.66. The van der Waals surface area contributed by atoms with Crippen molar-refractivity contribution in [3.8, 4) is 0 Å².